The van der Waals surface area contributed by atoms with E-state index in [1.165, 1.54) is 6.42 Å². The van der Waals surface area contributed by atoms with Gasteiger partial charge in [0.1, 0.15) is 0 Å². The number of hydrogen-bond acceptors (Lipinski definition) is 2. The minimum absolute atomic E-state index is 0.101. The van der Waals surface area contributed by atoms with Gasteiger partial charge in [-0.3, -0.25) is 0 Å². The predicted octanol–water partition coefficient (Wildman–Crippen LogP) is 3.63. The zero-order valence-electron chi connectivity index (χ0n) is 11.7. The van der Waals surface area contributed by atoms with Crippen LogP contribution in [0.25, 0.3) is 0 Å². The quantitative estimate of drug-likeness (QED) is 0.729. The topological polar surface area (TPSA) is 29.5 Å². The van der Waals surface area contributed by atoms with Crippen molar-refractivity contribution < 1.29 is 9.84 Å². The van der Waals surface area contributed by atoms with Gasteiger partial charge in [0.15, 0.2) is 0 Å². The van der Waals surface area contributed by atoms with Crippen molar-refractivity contribution in [3.8, 4) is 0 Å². The maximum atomic E-state index is 10.6. The molecule has 1 aliphatic rings. The second-order valence-electron chi connectivity index (χ2n) is 5.39. The zero-order chi connectivity index (χ0) is 13.6. The highest BCUT2D eigenvalue weighted by Crippen LogP contribution is 2.37. The molecule has 1 unspecified atom stereocenters. The van der Waals surface area contributed by atoms with Crippen LogP contribution in [0.4, 0.5) is 0 Å². The van der Waals surface area contributed by atoms with Gasteiger partial charge in [-0.15, -0.1) is 0 Å². The average molecular weight is 250 g/mol. The molecule has 0 heterocycles. The van der Waals surface area contributed by atoms with E-state index in [4.69, 9.17) is 4.74 Å². The van der Waals surface area contributed by atoms with Gasteiger partial charge in [-0.05, 0) is 24.0 Å². The Labute approximate surface area is 111 Å². The molecule has 1 atom stereocenters. The summed E-state index contributed by atoms with van der Waals surface area (Å²) in [7, 11) is 1.65. The fourth-order valence-corrected chi connectivity index (χ4v) is 2.54. The summed E-state index contributed by atoms with van der Waals surface area (Å²) in [4.78, 5) is 0. The smallest absolute Gasteiger partial charge is 0.0713 e. The van der Waals surface area contributed by atoms with Gasteiger partial charge in [-0.25, -0.2) is 0 Å². The number of aliphatic hydroxyl groups is 1. The Morgan fingerprint density at radius 1 is 1.28 bits per heavy atom. The molecule has 1 aliphatic carbocycles. The van der Waals surface area contributed by atoms with Gasteiger partial charge in [0.2, 0.25) is 0 Å². The molecule has 1 rings (SSSR count). The molecule has 1 fully saturated rings. The van der Waals surface area contributed by atoms with E-state index in [9.17, 15) is 5.11 Å². The molecule has 2 heteroatoms. The lowest BCUT2D eigenvalue weighted by molar-refractivity contribution is -0.0297. The van der Waals surface area contributed by atoms with E-state index in [1.54, 1.807) is 7.11 Å². The molecule has 0 aliphatic heterocycles. The van der Waals surface area contributed by atoms with Crippen LogP contribution in [-0.4, -0.2) is 24.4 Å². The summed E-state index contributed by atoms with van der Waals surface area (Å²) in [5, 5.41) is 10.6. The van der Waals surface area contributed by atoms with Crippen molar-refractivity contribution in [2.75, 3.05) is 13.7 Å². The Hall–Kier alpha value is -0.860. The van der Waals surface area contributed by atoms with E-state index in [0.29, 0.717) is 6.61 Å². The lowest BCUT2D eigenvalue weighted by Gasteiger charge is -2.38. The predicted molar refractivity (Wildman–Crippen MR) is 76.5 cm³/mol. The van der Waals surface area contributed by atoms with Gasteiger partial charge >= 0.3 is 0 Å². The molecule has 0 aromatic carbocycles. The van der Waals surface area contributed by atoms with Crippen molar-refractivity contribution in [2.24, 2.45) is 5.92 Å². The molecular weight excluding hydrogens is 224 g/mol. The summed E-state index contributed by atoms with van der Waals surface area (Å²) in [5.41, 5.74) is 1.32. The SMILES string of the molecule is C=C(C=CC(=C)C(C)C1(O)CCCCC1)COC. The van der Waals surface area contributed by atoms with E-state index >= 15 is 0 Å². The van der Waals surface area contributed by atoms with Crippen LogP contribution in [0, 0.1) is 5.92 Å². The molecule has 0 radical (unpaired) electrons. The van der Waals surface area contributed by atoms with Crippen molar-refractivity contribution in [2.45, 2.75) is 44.6 Å². The average Bonchev–Trinajstić information content (AvgIpc) is 2.36. The Bertz CT molecular complexity index is 322. The molecule has 102 valence electrons. The van der Waals surface area contributed by atoms with E-state index in [1.807, 2.05) is 12.2 Å². The number of rotatable bonds is 6. The van der Waals surface area contributed by atoms with Gasteiger partial charge in [-0.1, -0.05) is 51.5 Å². The highest BCUT2D eigenvalue weighted by Gasteiger charge is 2.35. The molecule has 0 saturated heterocycles. The summed E-state index contributed by atoms with van der Waals surface area (Å²) < 4.78 is 5.00. The van der Waals surface area contributed by atoms with E-state index in [2.05, 4.69) is 20.1 Å². The van der Waals surface area contributed by atoms with E-state index in [0.717, 1.165) is 36.8 Å². The van der Waals surface area contributed by atoms with Crippen LogP contribution in [0.15, 0.2) is 36.5 Å². The normalized spacial score (nSPS) is 20.8. The first-order chi connectivity index (χ1) is 8.49. The van der Waals surface area contributed by atoms with Crippen LogP contribution in [-0.2, 0) is 4.74 Å². The summed E-state index contributed by atoms with van der Waals surface area (Å²) in [6.07, 6.45) is 9.14. The summed E-state index contributed by atoms with van der Waals surface area (Å²) in [6.45, 7) is 10.6. The maximum absolute atomic E-state index is 10.6. The second-order valence-corrected chi connectivity index (χ2v) is 5.39. The molecule has 0 aromatic rings. The number of hydrogen-bond donors (Lipinski definition) is 1. The van der Waals surface area contributed by atoms with Crippen LogP contribution >= 0.6 is 0 Å². The lowest BCUT2D eigenvalue weighted by Crippen LogP contribution is -2.38. The molecule has 0 aromatic heterocycles. The monoisotopic (exact) mass is 250 g/mol. The Kier molecular flexibility index (Phi) is 5.83. The number of ether oxygens (including phenoxy) is 1. The molecule has 2 nitrogen and oxygen atoms in total. The van der Waals surface area contributed by atoms with Crippen molar-refractivity contribution in [1.82, 2.24) is 0 Å². The van der Waals surface area contributed by atoms with Crippen LogP contribution in [0.2, 0.25) is 0 Å². The lowest BCUT2D eigenvalue weighted by atomic mass is 9.73. The van der Waals surface area contributed by atoms with Gasteiger partial charge in [0.05, 0.1) is 12.2 Å². The van der Waals surface area contributed by atoms with Gasteiger partial charge < -0.3 is 9.84 Å². The molecule has 18 heavy (non-hydrogen) atoms. The maximum Gasteiger partial charge on any atom is 0.0713 e. The number of allylic oxidation sites excluding steroid dienone is 1. The highest BCUT2D eigenvalue weighted by atomic mass is 16.5. The summed E-state index contributed by atoms with van der Waals surface area (Å²) in [6, 6.07) is 0. The molecule has 0 amide bonds. The van der Waals surface area contributed by atoms with Gasteiger partial charge in [0.25, 0.3) is 0 Å². The van der Waals surface area contributed by atoms with Crippen molar-refractivity contribution in [1.29, 1.82) is 0 Å². The summed E-state index contributed by atoms with van der Waals surface area (Å²) >= 11 is 0. The van der Waals surface area contributed by atoms with Crippen molar-refractivity contribution >= 4 is 0 Å². The standard InChI is InChI=1S/C16H26O2/c1-13(12-18-4)8-9-14(2)15(3)16(17)10-6-5-7-11-16/h8-9,15,17H,1-2,5-7,10-12H2,3-4H3. The first kappa shape index (κ1) is 15.2. The van der Waals surface area contributed by atoms with Crippen molar-refractivity contribution in [3.05, 3.63) is 36.5 Å². The molecule has 0 bridgehead atoms. The number of methoxy groups -OCH3 is 1. The van der Waals surface area contributed by atoms with E-state index < -0.39 is 5.60 Å². The fraction of sp³-hybridized carbons (Fsp3) is 0.625. The molecule has 1 N–H and O–H groups in total. The van der Waals surface area contributed by atoms with Crippen LogP contribution in [0.5, 0.6) is 0 Å². The van der Waals surface area contributed by atoms with Crippen LogP contribution < -0.4 is 0 Å². The third-order valence-corrected chi connectivity index (χ3v) is 3.94. The van der Waals surface area contributed by atoms with Crippen LogP contribution in [0.1, 0.15) is 39.0 Å². The first-order valence-corrected chi connectivity index (χ1v) is 6.75. The third kappa shape index (κ3) is 4.11. The van der Waals surface area contributed by atoms with Gasteiger partial charge in [0, 0.05) is 13.0 Å². The first-order valence-electron chi connectivity index (χ1n) is 6.75. The van der Waals surface area contributed by atoms with Crippen LogP contribution in [0.3, 0.4) is 0 Å². The largest absolute Gasteiger partial charge is 0.389 e. The van der Waals surface area contributed by atoms with Crippen molar-refractivity contribution in [3.63, 3.8) is 0 Å². The minimum atomic E-state index is -0.567. The van der Waals surface area contributed by atoms with E-state index in [-0.39, 0.29) is 5.92 Å². The van der Waals surface area contributed by atoms with Gasteiger partial charge in [-0.2, -0.15) is 0 Å². The summed E-state index contributed by atoms with van der Waals surface area (Å²) in [5.74, 6) is 0.101. The second kappa shape index (κ2) is 6.91. The molecular formula is C16H26O2. The Morgan fingerprint density at radius 2 is 1.89 bits per heavy atom. The fourth-order valence-electron chi connectivity index (χ4n) is 2.54. The minimum Gasteiger partial charge on any atom is -0.389 e. The molecule has 0 spiro atoms. The zero-order valence-corrected chi connectivity index (χ0v) is 11.7. The highest BCUT2D eigenvalue weighted by molar-refractivity contribution is 5.27. The third-order valence-electron chi connectivity index (χ3n) is 3.94. The molecule has 1 saturated carbocycles. The Morgan fingerprint density at radius 3 is 2.44 bits per heavy atom. The Balaban J connectivity index is 2.57.